The van der Waals surface area contributed by atoms with Crippen molar-refractivity contribution in [2.75, 3.05) is 12.3 Å². The Morgan fingerprint density at radius 2 is 1.07 bits per heavy atom. The molecule has 3 aromatic rings. The molecule has 1 saturated heterocycles. The van der Waals surface area contributed by atoms with Crippen LogP contribution in [0.1, 0.15) is 93.1 Å². The van der Waals surface area contributed by atoms with Gasteiger partial charge < -0.3 is 74.0 Å². The molecule has 84 heavy (non-hydrogen) atoms. The second-order valence-corrected chi connectivity index (χ2v) is 20.1. The molecule has 1 heterocycles. The van der Waals surface area contributed by atoms with E-state index in [1.807, 2.05) is 5.32 Å². The average Bonchev–Trinajstić information content (AvgIpc) is 4.00. The maximum absolute atomic E-state index is 14.5. The number of aliphatic carboxylic acids is 4. The third-order valence-electron chi connectivity index (χ3n) is 13.1. The maximum atomic E-state index is 14.5. The number of non-ortho nitro benzene ring substituents is 1. The van der Waals surface area contributed by atoms with E-state index in [1.54, 1.807) is 56.3 Å². The van der Waals surface area contributed by atoms with Crippen molar-refractivity contribution in [2.24, 2.45) is 11.7 Å². The summed E-state index contributed by atoms with van der Waals surface area (Å²) in [4.78, 5) is 183. The van der Waals surface area contributed by atoms with E-state index in [2.05, 4.69) is 31.9 Å². The number of nitrogen functional groups attached to an aromatic ring is 1. The van der Waals surface area contributed by atoms with E-state index >= 15 is 0 Å². The van der Waals surface area contributed by atoms with Crippen molar-refractivity contribution in [3.63, 3.8) is 0 Å². The zero-order valence-corrected chi connectivity index (χ0v) is 45.6. The zero-order valence-electron chi connectivity index (χ0n) is 45.6. The minimum Gasteiger partial charge on any atom is -0.481 e. The van der Waals surface area contributed by atoms with Gasteiger partial charge in [-0.1, -0.05) is 68.4 Å². The number of anilines is 1. The third kappa shape index (κ3) is 21.1. The Bertz CT molecular complexity index is 2940. The van der Waals surface area contributed by atoms with Crippen molar-refractivity contribution in [1.29, 1.82) is 0 Å². The van der Waals surface area contributed by atoms with Crippen molar-refractivity contribution in [2.45, 2.75) is 133 Å². The number of primary amides is 1. The Morgan fingerprint density at radius 1 is 0.583 bits per heavy atom. The SMILES string of the molecule is CC(C)C[C@H](NC(=O)[C@@H]1CCCN1C(=O)[C@H](CCC(N)=O)NC(=O)[C@H](Cc1ccccc1)NC(=O)c1ccccc1N)C(=O)N[C@@H](CC(=O)O)C(=O)N[C@@H](CCC(=O)O)C(=O)N[C@@H](Cc1ccc([N+](=O)[O-])cc1)C(=O)N[C@@H](CC(=O)O)C(=O)O. The molecule has 8 atom stereocenters. The number of nitro benzene ring substituents is 1. The number of benzene rings is 3. The van der Waals surface area contributed by atoms with Gasteiger partial charge in [0.05, 0.1) is 23.3 Å². The number of hydrogen-bond donors (Lipinski definition) is 13. The molecule has 0 aliphatic carbocycles. The molecule has 452 valence electrons. The molecule has 0 radical (unpaired) electrons. The molecule has 1 fully saturated rings. The van der Waals surface area contributed by atoms with Crippen LogP contribution in [0.2, 0.25) is 0 Å². The molecule has 9 amide bonds. The number of carboxylic acid groups (broad SMARTS) is 4. The number of nitro groups is 1. The van der Waals surface area contributed by atoms with E-state index in [0.717, 1.165) is 17.0 Å². The molecule has 4 rings (SSSR count). The minimum absolute atomic E-state index is 0.0258. The fraction of sp³-hybridized carbons (Fsp3) is 0.426. The number of amides is 9. The van der Waals surface area contributed by atoms with Gasteiger partial charge in [-0.3, -0.25) is 67.6 Å². The van der Waals surface area contributed by atoms with Crippen LogP contribution in [0.15, 0.2) is 78.9 Å². The standard InChI is InChI=1S/C54H67N11O19/c1-28(2)23-36(62-52(79)41-13-8-22-64(41)53(80)35(18-20-42(56)66)58-49(76)37(24-29-9-4-3-5-10-29)59-46(73)32-11-6-7-12-33(32)55)48(75)61-39(26-44(69)70)51(78)57-34(19-21-43(67)68)47(74)60-38(25-30-14-16-31(17-15-30)65(83)84)50(77)63-40(54(81)82)27-45(71)72/h3-7,9-12,14-17,28,34-41H,8,13,18-27,55H2,1-2H3,(H2,56,66)(H,57,78)(H,58,76)(H,59,73)(H,60,74)(H,61,75)(H,62,79)(H,63,77)(H,67,68)(H,69,70)(H,71,72)(H,81,82)/t34-,35-,36-,37-,38-,39-,40-,41-/m0/s1. The summed E-state index contributed by atoms with van der Waals surface area (Å²) in [5.74, 6) is -16.2. The van der Waals surface area contributed by atoms with Gasteiger partial charge in [-0.15, -0.1) is 0 Å². The number of likely N-dealkylation sites (tertiary alicyclic amines) is 1. The molecule has 0 bridgehead atoms. The first kappa shape index (κ1) is 66.5. The van der Waals surface area contributed by atoms with E-state index in [-0.39, 0.29) is 67.1 Å². The summed E-state index contributed by atoms with van der Waals surface area (Å²) < 4.78 is 0. The first-order valence-corrected chi connectivity index (χ1v) is 26.4. The summed E-state index contributed by atoms with van der Waals surface area (Å²) in [7, 11) is 0. The molecule has 0 aromatic heterocycles. The van der Waals surface area contributed by atoms with Crippen molar-refractivity contribution >= 4 is 88.4 Å². The molecule has 1 aliphatic rings. The van der Waals surface area contributed by atoms with E-state index in [4.69, 9.17) is 11.5 Å². The highest BCUT2D eigenvalue weighted by Crippen LogP contribution is 2.22. The molecular formula is C54H67N11O19. The van der Waals surface area contributed by atoms with Gasteiger partial charge in [0.15, 0.2) is 0 Å². The molecule has 0 unspecified atom stereocenters. The van der Waals surface area contributed by atoms with Crippen LogP contribution in [0.3, 0.4) is 0 Å². The predicted molar refractivity (Wildman–Crippen MR) is 292 cm³/mol. The molecule has 0 saturated carbocycles. The largest absolute Gasteiger partial charge is 0.481 e. The highest BCUT2D eigenvalue weighted by Gasteiger charge is 2.41. The van der Waals surface area contributed by atoms with Gasteiger partial charge in [0.1, 0.15) is 48.3 Å². The molecular weight excluding hydrogens is 1110 g/mol. The van der Waals surface area contributed by atoms with Gasteiger partial charge in [-0.25, -0.2) is 4.79 Å². The van der Waals surface area contributed by atoms with Crippen LogP contribution < -0.4 is 48.7 Å². The molecule has 1 aliphatic heterocycles. The van der Waals surface area contributed by atoms with Gasteiger partial charge in [0.25, 0.3) is 11.6 Å². The van der Waals surface area contributed by atoms with E-state index in [1.165, 1.54) is 24.3 Å². The van der Waals surface area contributed by atoms with Crippen LogP contribution in [-0.2, 0) is 70.4 Å². The van der Waals surface area contributed by atoms with Crippen LogP contribution in [0.5, 0.6) is 0 Å². The summed E-state index contributed by atoms with van der Waals surface area (Å²) in [6.07, 6.45) is -5.12. The normalized spacial score (nSPS) is 15.2. The topological polar surface area (TPSA) is 485 Å². The van der Waals surface area contributed by atoms with Crippen LogP contribution >= 0.6 is 0 Å². The van der Waals surface area contributed by atoms with Crippen LogP contribution in [0.4, 0.5) is 11.4 Å². The number of nitrogens with zero attached hydrogens (tertiary/aromatic N) is 2. The molecule has 30 nitrogen and oxygen atoms in total. The zero-order chi connectivity index (χ0) is 62.4. The Kier molecular flexibility index (Phi) is 25.2. The Balaban J connectivity index is 1.58. The lowest BCUT2D eigenvalue weighted by atomic mass is 10.0. The number of nitrogens with two attached hydrogens (primary N) is 2. The van der Waals surface area contributed by atoms with Crippen LogP contribution in [-0.4, -0.2) is 162 Å². The van der Waals surface area contributed by atoms with Gasteiger partial charge in [-0.05, 0) is 61.3 Å². The molecule has 15 N–H and O–H groups in total. The summed E-state index contributed by atoms with van der Waals surface area (Å²) >= 11 is 0. The lowest BCUT2D eigenvalue weighted by Gasteiger charge is -2.31. The molecule has 0 spiro atoms. The Morgan fingerprint density at radius 3 is 1.63 bits per heavy atom. The van der Waals surface area contributed by atoms with E-state index in [0.29, 0.717) is 5.56 Å². The van der Waals surface area contributed by atoms with Gasteiger partial charge in [-0.2, -0.15) is 0 Å². The highest BCUT2D eigenvalue weighted by molar-refractivity contribution is 6.03. The van der Waals surface area contributed by atoms with Crippen LogP contribution in [0.25, 0.3) is 0 Å². The monoisotopic (exact) mass is 1170 g/mol. The highest BCUT2D eigenvalue weighted by atomic mass is 16.6. The van der Waals surface area contributed by atoms with Crippen molar-refractivity contribution in [3.05, 3.63) is 106 Å². The second-order valence-electron chi connectivity index (χ2n) is 20.1. The number of carbonyl (C=O) groups is 13. The number of nitrogens with one attached hydrogen (secondary N) is 7. The van der Waals surface area contributed by atoms with Crippen molar-refractivity contribution in [1.82, 2.24) is 42.1 Å². The number of para-hydroxylation sites is 1. The average molecular weight is 1170 g/mol. The predicted octanol–water partition coefficient (Wildman–Crippen LogP) is -1.13. The summed E-state index contributed by atoms with van der Waals surface area (Å²) in [5.41, 5.74) is 12.1. The fourth-order valence-electron chi connectivity index (χ4n) is 8.87. The Labute approximate surface area is 479 Å². The van der Waals surface area contributed by atoms with E-state index in [9.17, 15) is 92.9 Å². The summed E-state index contributed by atoms with van der Waals surface area (Å²) in [5, 5.41) is 66.0. The number of rotatable bonds is 33. The van der Waals surface area contributed by atoms with Crippen LogP contribution in [0, 0.1) is 16.0 Å². The maximum Gasteiger partial charge on any atom is 0.326 e. The van der Waals surface area contributed by atoms with Crippen molar-refractivity contribution in [3.8, 4) is 0 Å². The first-order valence-electron chi connectivity index (χ1n) is 26.4. The lowest BCUT2D eigenvalue weighted by molar-refractivity contribution is -0.384. The third-order valence-corrected chi connectivity index (χ3v) is 13.1. The molecule has 30 heteroatoms. The second kappa shape index (κ2) is 31.8. The summed E-state index contributed by atoms with van der Waals surface area (Å²) in [6, 6.07) is 5.59. The van der Waals surface area contributed by atoms with E-state index < -0.39 is 169 Å². The van der Waals surface area contributed by atoms with Gasteiger partial charge >= 0.3 is 23.9 Å². The summed E-state index contributed by atoms with van der Waals surface area (Å²) in [6.45, 7) is 3.26. The van der Waals surface area contributed by atoms with Gasteiger partial charge in [0, 0.05) is 50.0 Å². The first-order chi connectivity index (χ1) is 39.6. The lowest BCUT2D eigenvalue weighted by Crippen LogP contribution is -2.60. The minimum atomic E-state index is -2.06. The number of carbonyl (C=O) groups excluding carboxylic acids is 9. The number of carboxylic acids is 4. The number of hydrogen-bond acceptors (Lipinski definition) is 16. The quantitative estimate of drug-likeness (QED) is 0.0195. The smallest absolute Gasteiger partial charge is 0.326 e. The van der Waals surface area contributed by atoms with Crippen molar-refractivity contribution < 1.29 is 87.7 Å². The fourth-order valence-corrected chi connectivity index (χ4v) is 8.87. The van der Waals surface area contributed by atoms with Gasteiger partial charge in [0.2, 0.25) is 47.3 Å². The Hall–Kier alpha value is -10.0. The molecule has 3 aromatic carbocycles.